The van der Waals surface area contributed by atoms with Gasteiger partial charge in [-0.25, -0.2) is 4.98 Å². The monoisotopic (exact) mass is 246 g/mol. The summed E-state index contributed by atoms with van der Waals surface area (Å²) in [6, 6.07) is 1.78. The van der Waals surface area contributed by atoms with Gasteiger partial charge in [-0.05, 0) is 19.9 Å². The van der Waals surface area contributed by atoms with Gasteiger partial charge in [0, 0.05) is 30.4 Å². The molecule has 7 nitrogen and oxygen atoms in total. The standard InChI is InChI=1S/C11H14N6O/c1-6-3-7(2)17-10(13-6)14-11(15-17)16-5-8(12)4-9(16)18/h3,8H,4-5,12H2,1-2H3. The quantitative estimate of drug-likeness (QED) is 0.753. The fourth-order valence-electron chi connectivity index (χ4n) is 2.20. The zero-order chi connectivity index (χ0) is 12.9. The maximum absolute atomic E-state index is 11.8. The van der Waals surface area contributed by atoms with Crippen LogP contribution in [0.15, 0.2) is 6.07 Å². The molecule has 1 unspecified atom stereocenters. The van der Waals surface area contributed by atoms with Crippen LogP contribution < -0.4 is 10.6 Å². The second-order valence-electron chi connectivity index (χ2n) is 4.63. The molecule has 0 saturated carbocycles. The molecule has 18 heavy (non-hydrogen) atoms. The molecule has 1 amide bonds. The Morgan fingerprint density at radius 2 is 2.17 bits per heavy atom. The molecule has 1 aliphatic rings. The van der Waals surface area contributed by atoms with Gasteiger partial charge in [-0.3, -0.25) is 9.69 Å². The van der Waals surface area contributed by atoms with Gasteiger partial charge in [0.2, 0.25) is 5.91 Å². The number of fused-ring (bicyclic) bond motifs is 1. The summed E-state index contributed by atoms with van der Waals surface area (Å²) in [4.78, 5) is 21.9. The number of hydrogen-bond acceptors (Lipinski definition) is 5. The van der Waals surface area contributed by atoms with Crippen LogP contribution in [0.5, 0.6) is 0 Å². The molecule has 0 aromatic carbocycles. The molecule has 2 aromatic rings. The molecule has 0 spiro atoms. The molecule has 0 aliphatic carbocycles. The van der Waals surface area contributed by atoms with Gasteiger partial charge in [-0.15, -0.1) is 5.10 Å². The van der Waals surface area contributed by atoms with Crippen molar-refractivity contribution in [2.45, 2.75) is 26.3 Å². The molecular weight excluding hydrogens is 232 g/mol. The first kappa shape index (κ1) is 11.1. The zero-order valence-electron chi connectivity index (χ0n) is 10.3. The van der Waals surface area contributed by atoms with Crippen LogP contribution >= 0.6 is 0 Å². The van der Waals surface area contributed by atoms with Gasteiger partial charge in [-0.2, -0.15) is 9.50 Å². The van der Waals surface area contributed by atoms with Gasteiger partial charge in [0.25, 0.3) is 11.7 Å². The number of amides is 1. The Morgan fingerprint density at radius 3 is 2.83 bits per heavy atom. The fraction of sp³-hybridized carbons (Fsp3) is 0.455. The van der Waals surface area contributed by atoms with Gasteiger partial charge in [-0.1, -0.05) is 0 Å². The largest absolute Gasteiger partial charge is 0.326 e. The average molecular weight is 246 g/mol. The van der Waals surface area contributed by atoms with Crippen molar-refractivity contribution in [1.82, 2.24) is 19.6 Å². The van der Waals surface area contributed by atoms with Crippen molar-refractivity contribution < 1.29 is 4.79 Å². The molecule has 1 saturated heterocycles. The predicted octanol–water partition coefficient (Wildman–Crippen LogP) is -0.195. The van der Waals surface area contributed by atoms with E-state index in [-0.39, 0.29) is 11.9 Å². The highest BCUT2D eigenvalue weighted by Crippen LogP contribution is 2.18. The van der Waals surface area contributed by atoms with Crippen molar-refractivity contribution in [2.24, 2.45) is 5.73 Å². The van der Waals surface area contributed by atoms with Crippen molar-refractivity contribution in [1.29, 1.82) is 0 Å². The minimum Gasteiger partial charge on any atom is -0.326 e. The van der Waals surface area contributed by atoms with Crippen LogP contribution in [0.1, 0.15) is 17.8 Å². The van der Waals surface area contributed by atoms with E-state index in [1.165, 1.54) is 4.90 Å². The first-order valence-corrected chi connectivity index (χ1v) is 5.81. The van der Waals surface area contributed by atoms with Crippen molar-refractivity contribution in [3.8, 4) is 0 Å². The summed E-state index contributed by atoms with van der Waals surface area (Å²) in [5.41, 5.74) is 7.58. The summed E-state index contributed by atoms with van der Waals surface area (Å²) >= 11 is 0. The lowest BCUT2D eigenvalue weighted by atomic mass is 10.3. The summed E-state index contributed by atoms with van der Waals surface area (Å²) in [6.45, 7) is 4.30. The molecule has 3 rings (SSSR count). The lowest BCUT2D eigenvalue weighted by molar-refractivity contribution is -0.117. The first-order valence-electron chi connectivity index (χ1n) is 5.81. The third kappa shape index (κ3) is 1.63. The Kier molecular flexibility index (Phi) is 2.30. The van der Waals surface area contributed by atoms with E-state index in [0.29, 0.717) is 24.7 Å². The van der Waals surface area contributed by atoms with E-state index in [9.17, 15) is 4.79 Å². The van der Waals surface area contributed by atoms with Crippen molar-refractivity contribution >= 4 is 17.6 Å². The van der Waals surface area contributed by atoms with Gasteiger partial charge in [0.05, 0.1) is 0 Å². The molecular formula is C11H14N6O. The normalized spacial score (nSPS) is 20.1. The van der Waals surface area contributed by atoms with Crippen LogP contribution in [0.25, 0.3) is 5.78 Å². The summed E-state index contributed by atoms with van der Waals surface area (Å²) < 4.78 is 1.64. The molecule has 1 aliphatic heterocycles. The van der Waals surface area contributed by atoms with E-state index >= 15 is 0 Å². The highest BCUT2D eigenvalue weighted by atomic mass is 16.2. The summed E-state index contributed by atoms with van der Waals surface area (Å²) in [6.07, 6.45) is 0.348. The van der Waals surface area contributed by atoms with Crippen LogP contribution in [0, 0.1) is 13.8 Å². The van der Waals surface area contributed by atoms with Gasteiger partial charge < -0.3 is 5.73 Å². The number of rotatable bonds is 1. The summed E-state index contributed by atoms with van der Waals surface area (Å²) in [7, 11) is 0. The van der Waals surface area contributed by atoms with E-state index in [1.807, 2.05) is 19.9 Å². The van der Waals surface area contributed by atoms with E-state index in [2.05, 4.69) is 15.1 Å². The fourth-order valence-corrected chi connectivity index (χ4v) is 2.20. The van der Waals surface area contributed by atoms with Gasteiger partial charge in [0.1, 0.15) is 0 Å². The lowest BCUT2D eigenvalue weighted by Crippen LogP contribution is -2.28. The molecule has 2 N–H and O–H groups in total. The lowest BCUT2D eigenvalue weighted by Gasteiger charge is -2.09. The first-order chi connectivity index (χ1) is 8.54. The number of hydrogen-bond donors (Lipinski definition) is 1. The number of aromatic nitrogens is 4. The third-order valence-electron chi connectivity index (χ3n) is 3.00. The number of aryl methyl sites for hydroxylation is 2. The van der Waals surface area contributed by atoms with Gasteiger partial charge in [0.15, 0.2) is 0 Å². The third-order valence-corrected chi connectivity index (χ3v) is 3.00. The maximum Gasteiger partial charge on any atom is 0.254 e. The molecule has 0 bridgehead atoms. The number of carbonyl (C=O) groups is 1. The molecule has 3 heterocycles. The number of anilines is 1. The summed E-state index contributed by atoms with van der Waals surface area (Å²) in [5, 5.41) is 4.31. The SMILES string of the molecule is Cc1cc(C)n2nc(N3CC(N)CC3=O)nc2n1. The van der Waals surface area contributed by atoms with E-state index in [4.69, 9.17) is 5.73 Å². The van der Waals surface area contributed by atoms with Crippen LogP contribution in [0.4, 0.5) is 5.95 Å². The van der Waals surface area contributed by atoms with Crippen molar-refractivity contribution in [3.63, 3.8) is 0 Å². The van der Waals surface area contributed by atoms with Crippen LogP contribution in [-0.2, 0) is 4.79 Å². The van der Waals surface area contributed by atoms with E-state index in [0.717, 1.165) is 11.4 Å². The minimum absolute atomic E-state index is 0.0345. The second-order valence-corrected chi connectivity index (χ2v) is 4.63. The number of carbonyl (C=O) groups excluding carboxylic acids is 1. The predicted molar refractivity (Wildman–Crippen MR) is 65.2 cm³/mol. The maximum atomic E-state index is 11.8. The average Bonchev–Trinajstić information content (AvgIpc) is 2.81. The summed E-state index contributed by atoms with van der Waals surface area (Å²) in [5.74, 6) is 0.859. The smallest absolute Gasteiger partial charge is 0.254 e. The molecule has 7 heteroatoms. The zero-order valence-corrected chi connectivity index (χ0v) is 10.3. The van der Waals surface area contributed by atoms with E-state index < -0.39 is 0 Å². The Bertz CT molecular complexity index is 634. The van der Waals surface area contributed by atoms with E-state index in [1.54, 1.807) is 4.52 Å². The van der Waals surface area contributed by atoms with Crippen LogP contribution in [0.3, 0.4) is 0 Å². The number of nitrogens with zero attached hydrogens (tertiary/aromatic N) is 5. The molecule has 1 fully saturated rings. The highest BCUT2D eigenvalue weighted by Gasteiger charge is 2.31. The van der Waals surface area contributed by atoms with Crippen molar-refractivity contribution in [3.05, 3.63) is 17.5 Å². The Balaban J connectivity index is 2.09. The highest BCUT2D eigenvalue weighted by molar-refractivity contribution is 5.94. The number of nitrogens with two attached hydrogens (primary N) is 1. The molecule has 1 atom stereocenters. The van der Waals surface area contributed by atoms with Crippen LogP contribution in [0.2, 0.25) is 0 Å². The Morgan fingerprint density at radius 1 is 1.39 bits per heavy atom. The second kappa shape index (κ2) is 3.74. The molecule has 0 radical (unpaired) electrons. The Hall–Kier alpha value is -2.02. The molecule has 2 aromatic heterocycles. The Labute approximate surface area is 104 Å². The van der Waals surface area contributed by atoms with Crippen molar-refractivity contribution in [2.75, 3.05) is 11.4 Å². The minimum atomic E-state index is -0.139. The van der Waals surface area contributed by atoms with Gasteiger partial charge >= 0.3 is 0 Å². The van der Waals surface area contributed by atoms with Crippen LogP contribution in [-0.4, -0.2) is 38.1 Å². The topological polar surface area (TPSA) is 89.4 Å². The molecule has 94 valence electrons.